The number of ether oxygens (including phenoxy) is 1. The van der Waals surface area contributed by atoms with E-state index < -0.39 is 6.29 Å². The molecule has 0 radical (unpaired) electrons. The van der Waals surface area contributed by atoms with Crippen LogP contribution >= 0.6 is 12.4 Å². The molecule has 0 bridgehead atoms. The van der Waals surface area contributed by atoms with Crippen molar-refractivity contribution < 1.29 is 9.84 Å². The molecule has 1 aromatic carbocycles. The van der Waals surface area contributed by atoms with E-state index in [-0.39, 0.29) is 12.4 Å². The lowest BCUT2D eigenvalue weighted by Crippen LogP contribution is -2.23. The van der Waals surface area contributed by atoms with Crippen LogP contribution in [0.15, 0.2) is 24.3 Å². The Morgan fingerprint density at radius 1 is 1.35 bits per heavy atom. The summed E-state index contributed by atoms with van der Waals surface area (Å²) in [5.41, 5.74) is 2.32. The molecule has 1 rings (SSSR count). The lowest BCUT2D eigenvalue weighted by atomic mass is 10.1. The largest absolute Gasteiger partial charge is 0.368 e. The van der Waals surface area contributed by atoms with Crippen molar-refractivity contribution in [2.24, 2.45) is 0 Å². The molecule has 1 N–H and O–H groups in total. The fraction of sp³-hybridized carbons (Fsp3) is 0.538. The zero-order valence-electron chi connectivity index (χ0n) is 10.7. The molecule has 0 heterocycles. The number of likely N-dealkylation sites (N-methyl/N-ethyl adjacent to an activating group) is 1. The second-order valence-electron chi connectivity index (χ2n) is 4.32. The zero-order chi connectivity index (χ0) is 12.0. The van der Waals surface area contributed by atoms with E-state index in [1.807, 2.05) is 44.1 Å². The summed E-state index contributed by atoms with van der Waals surface area (Å²) in [5.74, 6) is 0. The summed E-state index contributed by atoms with van der Waals surface area (Å²) < 4.78 is 5.31. The third-order valence-corrected chi connectivity index (χ3v) is 2.34. The number of aliphatic hydroxyl groups is 1. The second kappa shape index (κ2) is 8.48. The van der Waals surface area contributed by atoms with Crippen molar-refractivity contribution in [1.82, 2.24) is 4.90 Å². The Morgan fingerprint density at radius 3 is 2.65 bits per heavy atom. The molecule has 0 saturated heterocycles. The van der Waals surface area contributed by atoms with Crippen LogP contribution in [0.4, 0.5) is 0 Å². The summed E-state index contributed by atoms with van der Waals surface area (Å²) in [7, 11) is 3.96. The molecular formula is C13H22ClNO2. The Bertz CT molecular complexity index is 318. The van der Waals surface area contributed by atoms with Gasteiger partial charge in [-0.3, -0.25) is 0 Å². The van der Waals surface area contributed by atoms with E-state index in [0.717, 1.165) is 12.1 Å². The van der Waals surface area contributed by atoms with E-state index in [9.17, 15) is 5.11 Å². The van der Waals surface area contributed by atoms with Crippen LogP contribution in [0.1, 0.15) is 11.1 Å². The quantitative estimate of drug-likeness (QED) is 0.792. The molecule has 1 atom stereocenters. The number of benzene rings is 1. The molecule has 0 aromatic heterocycles. The van der Waals surface area contributed by atoms with Gasteiger partial charge in [0, 0.05) is 13.0 Å². The Labute approximate surface area is 110 Å². The summed E-state index contributed by atoms with van der Waals surface area (Å²) in [6, 6.07) is 8.12. The summed E-state index contributed by atoms with van der Waals surface area (Å²) >= 11 is 0. The van der Waals surface area contributed by atoms with Gasteiger partial charge in [-0.2, -0.15) is 0 Å². The molecule has 1 unspecified atom stereocenters. The topological polar surface area (TPSA) is 32.7 Å². The lowest BCUT2D eigenvalue weighted by Gasteiger charge is -2.14. The van der Waals surface area contributed by atoms with Crippen molar-refractivity contribution in [3.05, 3.63) is 35.4 Å². The minimum absolute atomic E-state index is 0. The number of hydrogen-bond acceptors (Lipinski definition) is 3. The highest BCUT2D eigenvalue weighted by molar-refractivity contribution is 5.85. The van der Waals surface area contributed by atoms with Gasteiger partial charge in [-0.15, -0.1) is 12.4 Å². The Hall–Kier alpha value is -0.610. The first kappa shape index (κ1) is 16.4. The number of aliphatic hydroxyl groups excluding tert-OH is 1. The van der Waals surface area contributed by atoms with E-state index in [1.54, 1.807) is 0 Å². The van der Waals surface area contributed by atoms with E-state index in [2.05, 4.69) is 6.07 Å². The molecule has 3 nitrogen and oxygen atoms in total. The van der Waals surface area contributed by atoms with Gasteiger partial charge in [0.1, 0.15) is 0 Å². The van der Waals surface area contributed by atoms with Crippen molar-refractivity contribution >= 4 is 12.4 Å². The summed E-state index contributed by atoms with van der Waals surface area (Å²) in [6.07, 6.45) is -0.156. The minimum Gasteiger partial charge on any atom is -0.368 e. The molecular weight excluding hydrogens is 238 g/mol. The summed E-state index contributed by atoms with van der Waals surface area (Å²) in [6.45, 7) is 3.42. The maximum Gasteiger partial charge on any atom is 0.158 e. The van der Waals surface area contributed by atoms with E-state index >= 15 is 0 Å². The SMILES string of the molecule is Cc1cccc(CC(O)OCCN(C)C)c1.Cl. The number of nitrogens with zero attached hydrogens (tertiary/aromatic N) is 1. The monoisotopic (exact) mass is 259 g/mol. The molecule has 0 amide bonds. The molecule has 0 spiro atoms. The Morgan fingerprint density at radius 2 is 2.06 bits per heavy atom. The first-order valence-electron chi connectivity index (χ1n) is 5.58. The normalized spacial score (nSPS) is 12.3. The molecule has 1 aromatic rings. The van der Waals surface area contributed by atoms with Crippen LogP contribution in [0.2, 0.25) is 0 Å². The van der Waals surface area contributed by atoms with Gasteiger partial charge < -0.3 is 14.7 Å². The molecule has 0 aliphatic heterocycles. The van der Waals surface area contributed by atoms with Crippen LogP contribution in [0, 0.1) is 6.92 Å². The van der Waals surface area contributed by atoms with Gasteiger partial charge in [0.05, 0.1) is 6.61 Å². The molecule has 0 aliphatic carbocycles. The maximum atomic E-state index is 9.67. The Kier molecular flexibility index (Phi) is 8.17. The fourth-order valence-corrected chi connectivity index (χ4v) is 1.47. The predicted molar refractivity (Wildman–Crippen MR) is 72.6 cm³/mol. The van der Waals surface area contributed by atoms with Crippen LogP contribution in [0.5, 0.6) is 0 Å². The smallest absolute Gasteiger partial charge is 0.158 e. The highest BCUT2D eigenvalue weighted by Crippen LogP contribution is 2.07. The summed E-state index contributed by atoms with van der Waals surface area (Å²) in [4.78, 5) is 2.03. The van der Waals surface area contributed by atoms with Crippen LogP contribution in [-0.2, 0) is 11.2 Å². The molecule has 4 heteroatoms. The Balaban J connectivity index is 0.00000256. The van der Waals surface area contributed by atoms with Crippen LogP contribution in [-0.4, -0.2) is 43.5 Å². The third kappa shape index (κ3) is 7.34. The van der Waals surface area contributed by atoms with Crippen LogP contribution in [0.3, 0.4) is 0 Å². The van der Waals surface area contributed by atoms with E-state index in [0.29, 0.717) is 13.0 Å². The highest BCUT2D eigenvalue weighted by Gasteiger charge is 2.05. The van der Waals surface area contributed by atoms with Gasteiger partial charge in [-0.1, -0.05) is 29.8 Å². The average molecular weight is 260 g/mol. The van der Waals surface area contributed by atoms with Gasteiger partial charge in [0.2, 0.25) is 0 Å². The van der Waals surface area contributed by atoms with Crippen molar-refractivity contribution in [3.8, 4) is 0 Å². The molecule has 0 fully saturated rings. The van der Waals surface area contributed by atoms with Crippen LogP contribution in [0.25, 0.3) is 0 Å². The molecule has 98 valence electrons. The number of halogens is 1. The van der Waals surface area contributed by atoms with Gasteiger partial charge in [0.15, 0.2) is 6.29 Å². The van der Waals surface area contributed by atoms with E-state index in [1.165, 1.54) is 5.56 Å². The number of hydrogen-bond donors (Lipinski definition) is 1. The lowest BCUT2D eigenvalue weighted by molar-refractivity contribution is -0.0996. The zero-order valence-corrected chi connectivity index (χ0v) is 11.5. The molecule has 0 saturated carbocycles. The standard InChI is InChI=1S/C13H21NO2.ClH/c1-11-5-4-6-12(9-11)10-13(15)16-8-7-14(2)3;/h4-6,9,13,15H,7-8,10H2,1-3H3;1H. The molecule has 0 aliphatic rings. The van der Waals surface area contributed by atoms with Crippen LogP contribution < -0.4 is 0 Å². The molecule has 17 heavy (non-hydrogen) atoms. The van der Waals surface area contributed by atoms with Gasteiger partial charge in [-0.05, 0) is 26.6 Å². The third-order valence-electron chi connectivity index (χ3n) is 2.34. The number of rotatable bonds is 6. The first-order valence-corrected chi connectivity index (χ1v) is 5.58. The number of aryl methyl sites for hydroxylation is 1. The average Bonchev–Trinajstić information content (AvgIpc) is 2.16. The predicted octanol–water partition coefficient (Wildman–Crippen LogP) is 1.86. The van der Waals surface area contributed by atoms with Gasteiger partial charge >= 0.3 is 0 Å². The van der Waals surface area contributed by atoms with Crippen molar-refractivity contribution in [2.75, 3.05) is 27.2 Å². The van der Waals surface area contributed by atoms with E-state index in [4.69, 9.17) is 4.74 Å². The second-order valence-corrected chi connectivity index (χ2v) is 4.32. The highest BCUT2D eigenvalue weighted by atomic mass is 35.5. The first-order chi connectivity index (χ1) is 7.58. The summed E-state index contributed by atoms with van der Waals surface area (Å²) in [5, 5.41) is 9.67. The minimum atomic E-state index is -0.707. The van der Waals surface area contributed by atoms with Gasteiger partial charge in [0.25, 0.3) is 0 Å². The maximum absolute atomic E-state index is 9.67. The van der Waals surface area contributed by atoms with Crippen molar-refractivity contribution in [2.45, 2.75) is 19.6 Å². The van der Waals surface area contributed by atoms with Gasteiger partial charge in [-0.25, -0.2) is 0 Å². The fourth-order valence-electron chi connectivity index (χ4n) is 1.47. The van der Waals surface area contributed by atoms with Crippen molar-refractivity contribution in [1.29, 1.82) is 0 Å². The van der Waals surface area contributed by atoms with Crippen molar-refractivity contribution in [3.63, 3.8) is 0 Å².